The summed E-state index contributed by atoms with van der Waals surface area (Å²) in [5, 5.41) is 28.5. The average molecular weight is 747 g/mol. The first-order valence-corrected chi connectivity index (χ1v) is 19.5. The number of aromatic amines is 1. The van der Waals surface area contributed by atoms with Gasteiger partial charge in [-0.2, -0.15) is 5.21 Å². The summed E-state index contributed by atoms with van der Waals surface area (Å²) in [6.45, 7) is 5.19. The van der Waals surface area contributed by atoms with Gasteiger partial charge < -0.3 is 30.9 Å². The molecule has 298 valence electrons. The number of rotatable bonds is 34. The van der Waals surface area contributed by atoms with E-state index in [9.17, 15) is 24.3 Å². The third-order valence-electron chi connectivity index (χ3n) is 8.25. The van der Waals surface area contributed by atoms with E-state index in [1.807, 2.05) is 0 Å². The number of thiol groups is 1. The lowest BCUT2D eigenvalue weighted by atomic mass is 10.0. The Morgan fingerprint density at radius 1 is 0.824 bits per heavy atom. The molecule has 1 aromatic rings. The molecule has 1 heterocycles. The molecule has 0 aliphatic heterocycles. The summed E-state index contributed by atoms with van der Waals surface area (Å²) in [6, 6.07) is -0.480. The van der Waals surface area contributed by atoms with E-state index in [2.05, 4.69) is 62.6 Å². The number of aromatic nitrogens is 4. The zero-order valence-corrected chi connectivity index (χ0v) is 32.2. The van der Waals surface area contributed by atoms with E-state index < -0.39 is 17.9 Å². The Labute approximate surface area is 312 Å². The molecular weight excluding hydrogens is 677 g/mol. The van der Waals surface area contributed by atoms with Gasteiger partial charge in [-0.3, -0.25) is 19.1 Å². The number of tetrazole rings is 1. The number of amides is 3. The summed E-state index contributed by atoms with van der Waals surface area (Å²) in [4.78, 5) is 46.2. The minimum absolute atomic E-state index is 0. The van der Waals surface area contributed by atoms with Crippen molar-refractivity contribution in [3.05, 3.63) is 5.82 Å². The van der Waals surface area contributed by atoms with E-state index in [-0.39, 0.29) is 65.5 Å². The van der Waals surface area contributed by atoms with Crippen LogP contribution in [-0.4, -0.2) is 94.5 Å². The summed E-state index contributed by atoms with van der Waals surface area (Å²) in [5.74, 6) is -1.54. The highest BCUT2D eigenvalue weighted by molar-refractivity contribution is 7.78. The Kier molecular flexibility index (Phi) is 33.6. The molecule has 1 aromatic heterocycles. The molecule has 0 saturated heterocycles. The maximum absolute atomic E-state index is 12.2. The Morgan fingerprint density at radius 2 is 1.43 bits per heavy atom. The zero-order chi connectivity index (χ0) is 37.8. The highest BCUT2D eigenvalue weighted by atomic mass is 32.1. The molecule has 0 aliphatic carbocycles. The standard InChI is InChI=1S/C28H51N7O7.C7H17NS.H2/c29-24(36)22-42-21-20-41-19-18-30-26(37)17-16-23(28(39)40)31-27(38)15-13-11-9-7-5-3-1-2-4-6-8-10-12-14-25-32-34-35-33-25;1-3-5-6-7(4-2)8-9;/h23H,1-22H2,(H2,29,36)(H,30,37)(H,31,38)(H,39,40)(H,32,33,34,35);7-9H,3-6H2,1-2H3;1H. The van der Waals surface area contributed by atoms with Gasteiger partial charge in [-0.05, 0) is 32.1 Å². The summed E-state index contributed by atoms with van der Waals surface area (Å²) in [5.41, 5.74) is 4.94. The molecule has 2 unspecified atom stereocenters. The Bertz CT molecular complexity index is 994. The predicted octanol–water partition coefficient (Wildman–Crippen LogP) is 4.82. The molecular formula is C35H70N8O7S. The van der Waals surface area contributed by atoms with Gasteiger partial charge in [-0.1, -0.05) is 115 Å². The largest absolute Gasteiger partial charge is 0.480 e. The molecule has 0 radical (unpaired) electrons. The van der Waals surface area contributed by atoms with Crippen LogP contribution in [0.4, 0.5) is 0 Å². The fraction of sp³-hybridized carbons (Fsp3) is 0.857. The van der Waals surface area contributed by atoms with Gasteiger partial charge in [0, 0.05) is 33.3 Å². The maximum Gasteiger partial charge on any atom is 0.326 e. The van der Waals surface area contributed by atoms with Gasteiger partial charge in [-0.25, -0.2) is 4.79 Å². The van der Waals surface area contributed by atoms with Gasteiger partial charge in [0.1, 0.15) is 12.6 Å². The average Bonchev–Trinajstić information content (AvgIpc) is 3.63. The number of nitrogens with zero attached hydrogens (tertiary/aromatic N) is 3. The molecule has 1 rings (SSSR count). The number of ether oxygens (including phenoxy) is 2. The number of primary amides is 1. The molecule has 0 saturated carbocycles. The van der Waals surface area contributed by atoms with Gasteiger partial charge in [0.25, 0.3) is 0 Å². The van der Waals surface area contributed by atoms with Crippen LogP contribution in [-0.2, 0) is 35.1 Å². The van der Waals surface area contributed by atoms with Crippen LogP contribution < -0.4 is 21.1 Å². The first-order chi connectivity index (χ1) is 24.7. The zero-order valence-electron chi connectivity index (χ0n) is 31.3. The lowest BCUT2D eigenvalue weighted by molar-refractivity contribution is -0.142. The van der Waals surface area contributed by atoms with Crippen LogP contribution in [0.3, 0.4) is 0 Å². The third-order valence-corrected chi connectivity index (χ3v) is 8.62. The van der Waals surface area contributed by atoms with Gasteiger partial charge in [0.15, 0.2) is 5.82 Å². The van der Waals surface area contributed by atoms with Crippen molar-refractivity contribution >= 4 is 36.5 Å². The number of nitrogens with one attached hydrogen (secondary N) is 4. The number of aliphatic carboxylic acids is 1. The molecule has 3 amide bonds. The van der Waals surface area contributed by atoms with E-state index in [4.69, 9.17) is 15.2 Å². The summed E-state index contributed by atoms with van der Waals surface area (Å²) < 4.78 is 13.2. The smallest absolute Gasteiger partial charge is 0.326 e. The first kappa shape index (κ1) is 48.2. The number of hydrogen-bond donors (Lipinski definition) is 7. The van der Waals surface area contributed by atoms with Crippen molar-refractivity contribution < 1.29 is 35.2 Å². The SMILES string of the molecule is CCCCC(CC)NS.NC(=O)COCCOCCNC(=O)CCC(NC(=O)CCCCCCCCCCCCCCCc1nn[nH]n1)C(=O)O.[HH]. The molecule has 0 aliphatic rings. The van der Waals surface area contributed by atoms with Gasteiger partial charge in [-0.15, -0.1) is 10.2 Å². The molecule has 16 heteroatoms. The van der Waals surface area contributed by atoms with Gasteiger partial charge in [0.05, 0.1) is 19.8 Å². The molecule has 15 nitrogen and oxygen atoms in total. The van der Waals surface area contributed by atoms with Crippen molar-refractivity contribution in [2.45, 2.75) is 161 Å². The van der Waals surface area contributed by atoms with E-state index in [1.54, 1.807) is 0 Å². The highest BCUT2D eigenvalue weighted by Gasteiger charge is 2.20. The second-order valence-corrected chi connectivity index (χ2v) is 13.0. The lowest BCUT2D eigenvalue weighted by Crippen LogP contribution is -2.41. The van der Waals surface area contributed by atoms with Crippen LogP contribution in [0.1, 0.15) is 150 Å². The molecule has 0 bridgehead atoms. The molecule has 0 spiro atoms. The highest BCUT2D eigenvalue weighted by Crippen LogP contribution is 2.13. The third kappa shape index (κ3) is 32.8. The summed E-state index contributed by atoms with van der Waals surface area (Å²) in [7, 11) is 0. The minimum atomic E-state index is -1.16. The Morgan fingerprint density at radius 3 is 1.96 bits per heavy atom. The van der Waals surface area contributed by atoms with Crippen molar-refractivity contribution in [2.24, 2.45) is 5.73 Å². The number of carbonyl (C=O) groups is 4. The van der Waals surface area contributed by atoms with Crippen molar-refractivity contribution in [3.63, 3.8) is 0 Å². The summed E-state index contributed by atoms with van der Waals surface area (Å²) >= 11 is 4.02. The van der Waals surface area contributed by atoms with Crippen LogP contribution >= 0.6 is 12.8 Å². The van der Waals surface area contributed by atoms with Crippen molar-refractivity contribution in [1.82, 2.24) is 36.0 Å². The fourth-order valence-corrected chi connectivity index (χ4v) is 5.47. The van der Waals surface area contributed by atoms with E-state index in [0.29, 0.717) is 6.04 Å². The van der Waals surface area contributed by atoms with Crippen LogP contribution in [0.2, 0.25) is 0 Å². The second-order valence-electron chi connectivity index (χ2n) is 12.8. The van der Waals surface area contributed by atoms with Crippen LogP contribution in [0.5, 0.6) is 0 Å². The number of carboxylic acid groups (broad SMARTS) is 1. The second kappa shape index (κ2) is 35.6. The van der Waals surface area contributed by atoms with Crippen molar-refractivity contribution in [1.29, 1.82) is 0 Å². The van der Waals surface area contributed by atoms with Crippen molar-refractivity contribution in [3.8, 4) is 0 Å². The van der Waals surface area contributed by atoms with E-state index >= 15 is 0 Å². The molecule has 0 fully saturated rings. The number of aryl methyl sites for hydroxylation is 1. The van der Waals surface area contributed by atoms with Gasteiger partial charge >= 0.3 is 5.97 Å². The number of carboxylic acids is 1. The maximum atomic E-state index is 12.2. The first-order valence-electron chi connectivity index (χ1n) is 19.1. The number of H-pyrrole nitrogens is 1. The number of unbranched alkanes of at least 4 members (excludes halogenated alkanes) is 13. The number of nitrogens with two attached hydrogens (primary N) is 1. The van der Waals surface area contributed by atoms with Crippen molar-refractivity contribution in [2.75, 3.05) is 33.0 Å². The Balaban J connectivity index is 0. The number of carbonyl (C=O) groups excluding carboxylic acids is 3. The molecule has 2 atom stereocenters. The van der Waals surface area contributed by atoms with Crippen LogP contribution in [0.25, 0.3) is 0 Å². The minimum Gasteiger partial charge on any atom is -0.480 e. The lowest BCUT2D eigenvalue weighted by Gasteiger charge is -2.14. The fourth-order valence-electron chi connectivity index (χ4n) is 5.16. The molecule has 7 N–H and O–H groups in total. The molecule has 51 heavy (non-hydrogen) atoms. The predicted molar refractivity (Wildman–Crippen MR) is 203 cm³/mol. The normalized spacial score (nSPS) is 12.1. The molecule has 0 aromatic carbocycles. The quantitative estimate of drug-likeness (QED) is 0.0374. The van der Waals surface area contributed by atoms with Crippen LogP contribution in [0, 0.1) is 0 Å². The monoisotopic (exact) mass is 747 g/mol. The Hall–Kier alpha value is -2.82. The topological polar surface area (TPSA) is 224 Å². The summed E-state index contributed by atoms with van der Waals surface area (Å²) in [6.07, 6.45) is 21.2. The van der Waals surface area contributed by atoms with Gasteiger partial charge in [0.2, 0.25) is 17.7 Å². The van der Waals surface area contributed by atoms with E-state index in [0.717, 1.165) is 44.3 Å². The number of hydrogen-bond acceptors (Lipinski definition) is 11. The van der Waals surface area contributed by atoms with Crippen LogP contribution in [0.15, 0.2) is 0 Å². The van der Waals surface area contributed by atoms with E-state index in [1.165, 1.54) is 77.0 Å².